The maximum absolute atomic E-state index is 12.5. The van der Waals surface area contributed by atoms with Crippen molar-refractivity contribution in [1.82, 2.24) is 9.88 Å². The van der Waals surface area contributed by atoms with Crippen LogP contribution in [0.15, 0.2) is 27.9 Å². The van der Waals surface area contributed by atoms with E-state index in [-0.39, 0.29) is 17.6 Å². The van der Waals surface area contributed by atoms with Gasteiger partial charge >= 0.3 is 5.97 Å². The Labute approximate surface area is 192 Å². The number of rotatable bonds is 11. The summed E-state index contributed by atoms with van der Waals surface area (Å²) in [7, 11) is 0. The SMILES string of the molecule is CCc1cccc(C(C)CC)c1NCC1CCC(=O)N1CCSc1nc(C(=O)O)cs1. The van der Waals surface area contributed by atoms with E-state index in [1.54, 1.807) is 5.38 Å². The van der Waals surface area contributed by atoms with Gasteiger partial charge in [0.25, 0.3) is 0 Å². The number of hydrogen-bond acceptors (Lipinski definition) is 6. The Morgan fingerprint density at radius 1 is 1.42 bits per heavy atom. The molecule has 31 heavy (non-hydrogen) atoms. The first-order valence-electron chi connectivity index (χ1n) is 10.9. The van der Waals surface area contributed by atoms with Crippen LogP contribution in [0.25, 0.3) is 0 Å². The van der Waals surface area contributed by atoms with Crippen LogP contribution < -0.4 is 5.32 Å². The third kappa shape index (κ3) is 5.80. The molecule has 0 saturated carbocycles. The summed E-state index contributed by atoms with van der Waals surface area (Å²) in [4.78, 5) is 29.5. The van der Waals surface area contributed by atoms with Gasteiger partial charge < -0.3 is 15.3 Å². The van der Waals surface area contributed by atoms with Gasteiger partial charge in [-0.1, -0.05) is 50.7 Å². The minimum Gasteiger partial charge on any atom is -0.476 e. The zero-order valence-corrected chi connectivity index (χ0v) is 20.0. The number of nitrogens with zero attached hydrogens (tertiary/aromatic N) is 2. The van der Waals surface area contributed by atoms with Crippen LogP contribution >= 0.6 is 23.1 Å². The summed E-state index contributed by atoms with van der Waals surface area (Å²) in [6.07, 6.45) is 3.52. The van der Waals surface area contributed by atoms with Gasteiger partial charge in [0.05, 0.1) is 0 Å². The molecule has 8 heteroatoms. The first-order valence-corrected chi connectivity index (χ1v) is 12.8. The number of aromatic nitrogens is 1. The zero-order chi connectivity index (χ0) is 22.4. The number of carboxylic acids is 1. The lowest BCUT2D eigenvalue weighted by molar-refractivity contribution is -0.128. The second-order valence-electron chi connectivity index (χ2n) is 7.86. The smallest absolute Gasteiger partial charge is 0.355 e. The number of amides is 1. The molecule has 0 bridgehead atoms. The topological polar surface area (TPSA) is 82.5 Å². The largest absolute Gasteiger partial charge is 0.476 e. The molecule has 1 amide bonds. The lowest BCUT2D eigenvalue weighted by Crippen LogP contribution is -2.39. The van der Waals surface area contributed by atoms with Crippen molar-refractivity contribution in [2.45, 2.75) is 62.8 Å². The fraction of sp³-hybridized carbons (Fsp3) is 0.522. The number of hydrogen-bond donors (Lipinski definition) is 2. The Morgan fingerprint density at radius 2 is 2.23 bits per heavy atom. The highest BCUT2D eigenvalue weighted by atomic mass is 32.2. The number of likely N-dealkylation sites (tertiary alicyclic amines) is 1. The van der Waals surface area contributed by atoms with Crippen molar-refractivity contribution < 1.29 is 14.7 Å². The van der Waals surface area contributed by atoms with Gasteiger partial charge in [0.2, 0.25) is 5.91 Å². The number of anilines is 1. The van der Waals surface area contributed by atoms with E-state index in [1.807, 2.05) is 4.90 Å². The molecule has 1 aliphatic heterocycles. The van der Waals surface area contributed by atoms with E-state index in [9.17, 15) is 9.59 Å². The van der Waals surface area contributed by atoms with Crippen molar-refractivity contribution in [2.75, 3.05) is 24.2 Å². The van der Waals surface area contributed by atoms with Gasteiger partial charge in [-0.2, -0.15) is 0 Å². The number of thiazole rings is 1. The number of para-hydroxylation sites is 1. The van der Waals surface area contributed by atoms with E-state index < -0.39 is 5.97 Å². The number of carboxylic acid groups (broad SMARTS) is 1. The minimum absolute atomic E-state index is 0.0820. The Bertz CT molecular complexity index is 915. The molecule has 3 rings (SSSR count). The van der Waals surface area contributed by atoms with Crippen LogP contribution in [-0.4, -0.2) is 51.8 Å². The number of aromatic carboxylic acids is 1. The van der Waals surface area contributed by atoms with Crippen LogP contribution in [0, 0.1) is 0 Å². The quantitative estimate of drug-likeness (QED) is 0.452. The molecular formula is C23H31N3O3S2. The van der Waals surface area contributed by atoms with Crippen LogP contribution in [0.5, 0.6) is 0 Å². The molecule has 2 aromatic rings. The molecule has 2 heterocycles. The van der Waals surface area contributed by atoms with E-state index in [0.717, 1.165) is 30.1 Å². The minimum atomic E-state index is -1.01. The maximum Gasteiger partial charge on any atom is 0.355 e. The fourth-order valence-electron chi connectivity index (χ4n) is 3.95. The normalized spacial score (nSPS) is 17.2. The highest BCUT2D eigenvalue weighted by Gasteiger charge is 2.30. The number of carbonyl (C=O) groups excluding carboxylic acids is 1. The third-order valence-corrected chi connectivity index (χ3v) is 7.94. The zero-order valence-electron chi connectivity index (χ0n) is 18.4. The summed E-state index contributed by atoms with van der Waals surface area (Å²) in [5.74, 6) is 0.385. The molecule has 1 fully saturated rings. The van der Waals surface area contributed by atoms with Gasteiger partial charge in [-0.05, 0) is 36.3 Å². The van der Waals surface area contributed by atoms with Crippen LogP contribution in [0.4, 0.5) is 5.69 Å². The predicted molar refractivity (Wildman–Crippen MR) is 128 cm³/mol. The monoisotopic (exact) mass is 461 g/mol. The van der Waals surface area contributed by atoms with E-state index >= 15 is 0 Å². The fourth-order valence-corrected chi connectivity index (χ4v) is 5.76. The summed E-state index contributed by atoms with van der Waals surface area (Å²) >= 11 is 2.84. The molecule has 2 atom stereocenters. The molecule has 2 N–H and O–H groups in total. The van der Waals surface area contributed by atoms with Crippen molar-refractivity contribution >= 4 is 40.7 Å². The van der Waals surface area contributed by atoms with Gasteiger partial charge in [0.15, 0.2) is 10.0 Å². The van der Waals surface area contributed by atoms with Crippen molar-refractivity contribution in [1.29, 1.82) is 0 Å². The molecule has 1 aliphatic rings. The number of thioether (sulfide) groups is 1. The van der Waals surface area contributed by atoms with Gasteiger partial charge in [0.1, 0.15) is 0 Å². The molecule has 1 saturated heterocycles. The molecule has 1 aromatic carbocycles. The molecular weight excluding hydrogens is 430 g/mol. The summed E-state index contributed by atoms with van der Waals surface area (Å²) in [5.41, 5.74) is 3.99. The van der Waals surface area contributed by atoms with Gasteiger partial charge in [-0.25, -0.2) is 9.78 Å². The lowest BCUT2D eigenvalue weighted by atomic mass is 9.93. The molecule has 0 spiro atoms. The lowest BCUT2D eigenvalue weighted by Gasteiger charge is -2.27. The average molecular weight is 462 g/mol. The first-order chi connectivity index (χ1) is 14.9. The Balaban J connectivity index is 1.61. The molecule has 0 aliphatic carbocycles. The standard InChI is InChI=1S/C23H31N3O3S2/c1-4-15(3)18-8-6-7-16(5-2)21(18)24-13-17-9-10-20(27)26(17)11-12-30-23-25-19(14-31-23)22(28)29/h6-8,14-15,17,24H,4-5,9-13H2,1-3H3,(H,28,29). The number of carbonyl (C=O) groups is 2. The second-order valence-corrected chi connectivity index (χ2v) is 10.1. The highest BCUT2D eigenvalue weighted by molar-refractivity contribution is 8.01. The Morgan fingerprint density at radius 3 is 2.90 bits per heavy atom. The molecule has 168 valence electrons. The third-order valence-electron chi connectivity index (χ3n) is 5.93. The Kier molecular flexibility index (Phi) is 8.37. The predicted octanol–water partition coefficient (Wildman–Crippen LogP) is 5.11. The summed E-state index contributed by atoms with van der Waals surface area (Å²) in [6, 6.07) is 6.71. The van der Waals surface area contributed by atoms with Crippen LogP contribution in [-0.2, 0) is 11.2 Å². The van der Waals surface area contributed by atoms with Crippen molar-refractivity contribution in [3.63, 3.8) is 0 Å². The van der Waals surface area contributed by atoms with Crippen molar-refractivity contribution in [2.24, 2.45) is 0 Å². The van der Waals surface area contributed by atoms with E-state index in [0.29, 0.717) is 24.6 Å². The van der Waals surface area contributed by atoms with E-state index in [2.05, 4.69) is 49.3 Å². The van der Waals surface area contributed by atoms with Crippen molar-refractivity contribution in [3.8, 4) is 0 Å². The maximum atomic E-state index is 12.5. The van der Waals surface area contributed by atoms with E-state index in [4.69, 9.17) is 5.11 Å². The summed E-state index contributed by atoms with van der Waals surface area (Å²) < 4.78 is 0.730. The highest BCUT2D eigenvalue weighted by Crippen LogP contribution is 2.31. The van der Waals surface area contributed by atoms with Crippen LogP contribution in [0.1, 0.15) is 67.6 Å². The van der Waals surface area contributed by atoms with Gasteiger partial charge in [-0.3, -0.25) is 4.79 Å². The summed E-state index contributed by atoms with van der Waals surface area (Å²) in [5, 5.41) is 14.2. The molecule has 6 nitrogen and oxygen atoms in total. The number of aryl methyl sites for hydroxylation is 1. The summed E-state index contributed by atoms with van der Waals surface area (Å²) in [6.45, 7) is 8.04. The molecule has 2 unspecified atom stereocenters. The van der Waals surface area contributed by atoms with Crippen molar-refractivity contribution in [3.05, 3.63) is 40.4 Å². The second kappa shape index (κ2) is 11.0. The van der Waals surface area contributed by atoms with E-state index in [1.165, 1.54) is 39.9 Å². The average Bonchev–Trinajstić information content (AvgIpc) is 3.39. The number of nitrogens with one attached hydrogen (secondary N) is 1. The van der Waals surface area contributed by atoms with Gasteiger partial charge in [0, 0.05) is 42.4 Å². The van der Waals surface area contributed by atoms with Crippen LogP contribution in [0.2, 0.25) is 0 Å². The molecule has 0 radical (unpaired) electrons. The van der Waals surface area contributed by atoms with Gasteiger partial charge in [-0.15, -0.1) is 11.3 Å². The van der Waals surface area contributed by atoms with Crippen LogP contribution in [0.3, 0.4) is 0 Å². The Hall–Kier alpha value is -2.06. The first kappa shape index (κ1) is 23.6. The number of benzene rings is 1. The molecule has 1 aromatic heterocycles.